The van der Waals surface area contributed by atoms with E-state index in [4.69, 9.17) is 0 Å². The Morgan fingerprint density at radius 2 is 1.44 bits per heavy atom. The lowest BCUT2D eigenvalue weighted by atomic mass is 9.78. The fourth-order valence-electron chi connectivity index (χ4n) is 3.48. The predicted molar refractivity (Wildman–Crippen MR) is 108 cm³/mol. The molecule has 2 aromatic rings. The van der Waals surface area contributed by atoms with Crippen molar-refractivity contribution in [2.24, 2.45) is 5.41 Å². The molecule has 1 heterocycles. The largest absolute Gasteiger partial charge is 0.369 e. The van der Waals surface area contributed by atoms with E-state index in [1.807, 2.05) is 0 Å². The van der Waals surface area contributed by atoms with Gasteiger partial charge in [0.15, 0.2) is 0 Å². The number of benzene rings is 2. The molecule has 3 rings (SSSR count). The molecule has 134 valence electrons. The van der Waals surface area contributed by atoms with Crippen LogP contribution in [0.3, 0.4) is 0 Å². The van der Waals surface area contributed by atoms with Gasteiger partial charge in [0.2, 0.25) is 0 Å². The number of rotatable bonds is 4. The van der Waals surface area contributed by atoms with Crippen molar-refractivity contribution < 1.29 is 0 Å². The number of hydrogen-bond donors (Lipinski definition) is 0. The summed E-state index contributed by atoms with van der Waals surface area (Å²) in [7, 11) is 0. The van der Waals surface area contributed by atoms with Crippen LogP contribution in [-0.2, 0) is 6.54 Å². The summed E-state index contributed by atoms with van der Waals surface area (Å²) in [4.78, 5) is 5.08. The minimum Gasteiger partial charge on any atom is -0.369 e. The van der Waals surface area contributed by atoms with Gasteiger partial charge in [0.1, 0.15) is 0 Å². The molecule has 0 spiro atoms. The van der Waals surface area contributed by atoms with Crippen molar-refractivity contribution in [3.8, 4) is 0 Å². The van der Waals surface area contributed by atoms with Crippen LogP contribution in [0.4, 0.5) is 5.69 Å². The normalized spacial score (nSPS) is 17.5. The second-order valence-corrected chi connectivity index (χ2v) is 8.43. The number of piperazine rings is 1. The molecule has 0 N–H and O–H groups in total. The van der Waals surface area contributed by atoms with Gasteiger partial charge < -0.3 is 4.90 Å². The van der Waals surface area contributed by atoms with Gasteiger partial charge >= 0.3 is 0 Å². The number of hydrogen-bond acceptors (Lipinski definition) is 2. The summed E-state index contributed by atoms with van der Waals surface area (Å²) in [5.41, 5.74) is 4.53. The molecule has 25 heavy (non-hydrogen) atoms. The van der Waals surface area contributed by atoms with E-state index in [0.717, 1.165) is 32.7 Å². The van der Waals surface area contributed by atoms with Crippen molar-refractivity contribution in [1.82, 2.24) is 4.90 Å². The Labute approximate surface area is 153 Å². The van der Waals surface area contributed by atoms with Crippen LogP contribution in [-0.4, -0.2) is 31.1 Å². The average Bonchev–Trinajstić information content (AvgIpc) is 2.62. The first-order valence-corrected chi connectivity index (χ1v) is 9.55. The van der Waals surface area contributed by atoms with Crippen molar-refractivity contribution in [2.45, 2.75) is 40.2 Å². The number of anilines is 1. The van der Waals surface area contributed by atoms with Gasteiger partial charge in [-0.1, -0.05) is 70.2 Å². The SMILES string of the molecule is CC(c1ccc(N2CCN(Cc3ccccc3)CC2)cc1)C(C)(C)C. The van der Waals surface area contributed by atoms with E-state index in [1.165, 1.54) is 16.8 Å². The molecule has 1 atom stereocenters. The first-order chi connectivity index (χ1) is 11.9. The van der Waals surface area contributed by atoms with Crippen molar-refractivity contribution in [3.05, 3.63) is 65.7 Å². The molecule has 0 radical (unpaired) electrons. The molecule has 2 heteroatoms. The van der Waals surface area contributed by atoms with Crippen LogP contribution >= 0.6 is 0 Å². The third-order valence-corrected chi connectivity index (χ3v) is 5.68. The Bertz CT molecular complexity index is 647. The van der Waals surface area contributed by atoms with E-state index >= 15 is 0 Å². The van der Waals surface area contributed by atoms with Crippen LogP contribution in [0, 0.1) is 5.41 Å². The van der Waals surface area contributed by atoms with Crippen LogP contribution in [0.2, 0.25) is 0 Å². The molecule has 1 fully saturated rings. The van der Waals surface area contributed by atoms with Crippen LogP contribution in [0.1, 0.15) is 44.7 Å². The lowest BCUT2D eigenvalue weighted by Gasteiger charge is -2.36. The first kappa shape index (κ1) is 18.0. The second-order valence-electron chi connectivity index (χ2n) is 8.43. The molecule has 1 aliphatic heterocycles. The van der Waals surface area contributed by atoms with E-state index in [0.29, 0.717) is 11.3 Å². The summed E-state index contributed by atoms with van der Waals surface area (Å²) in [6, 6.07) is 20.1. The van der Waals surface area contributed by atoms with Crippen LogP contribution in [0.5, 0.6) is 0 Å². The molecule has 0 saturated carbocycles. The summed E-state index contributed by atoms with van der Waals surface area (Å²) in [5, 5.41) is 0. The highest BCUT2D eigenvalue weighted by atomic mass is 15.3. The average molecular weight is 337 g/mol. The van der Waals surface area contributed by atoms with Crippen molar-refractivity contribution >= 4 is 5.69 Å². The van der Waals surface area contributed by atoms with Gasteiger partial charge in [0, 0.05) is 38.4 Å². The van der Waals surface area contributed by atoms with Gasteiger partial charge in [-0.25, -0.2) is 0 Å². The highest BCUT2D eigenvalue weighted by molar-refractivity contribution is 5.48. The molecular formula is C23H32N2. The molecule has 2 aromatic carbocycles. The minimum absolute atomic E-state index is 0.310. The smallest absolute Gasteiger partial charge is 0.0367 e. The molecule has 0 aromatic heterocycles. The predicted octanol–water partition coefficient (Wildman–Crippen LogP) is 5.16. The fourth-order valence-corrected chi connectivity index (χ4v) is 3.48. The van der Waals surface area contributed by atoms with Gasteiger partial charge in [-0.05, 0) is 34.6 Å². The summed E-state index contributed by atoms with van der Waals surface area (Å²) in [5.74, 6) is 0.573. The Kier molecular flexibility index (Phi) is 5.48. The maximum absolute atomic E-state index is 2.56. The zero-order chi connectivity index (χ0) is 17.9. The number of nitrogens with zero attached hydrogens (tertiary/aromatic N) is 2. The Balaban J connectivity index is 1.56. The summed E-state index contributed by atoms with van der Waals surface area (Å²) >= 11 is 0. The quantitative estimate of drug-likeness (QED) is 0.761. The third-order valence-electron chi connectivity index (χ3n) is 5.68. The molecule has 0 aliphatic carbocycles. The standard InChI is InChI=1S/C23H32N2/c1-19(23(2,3)4)21-10-12-22(13-11-21)25-16-14-24(15-17-25)18-20-8-6-5-7-9-20/h5-13,19H,14-18H2,1-4H3. The molecule has 2 nitrogen and oxygen atoms in total. The maximum Gasteiger partial charge on any atom is 0.0367 e. The van der Waals surface area contributed by atoms with Gasteiger partial charge in [-0.15, -0.1) is 0 Å². The van der Waals surface area contributed by atoms with E-state index in [-0.39, 0.29) is 0 Å². The van der Waals surface area contributed by atoms with Crippen LogP contribution in [0.25, 0.3) is 0 Å². The second kappa shape index (κ2) is 7.61. The molecule has 0 bridgehead atoms. The monoisotopic (exact) mass is 336 g/mol. The van der Waals surface area contributed by atoms with E-state index in [9.17, 15) is 0 Å². The summed E-state index contributed by atoms with van der Waals surface area (Å²) in [6.07, 6.45) is 0. The van der Waals surface area contributed by atoms with Crippen molar-refractivity contribution in [3.63, 3.8) is 0 Å². The van der Waals surface area contributed by atoms with Gasteiger partial charge in [-0.3, -0.25) is 4.90 Å². The highest BCUT2D eigenvalue weighted by Crippen LogP contribution is 2.35. The van der Waals surface area contributed by atoms with Crippen LogP contribution in [0.15, 0.2) is 54.6 Å². The summed E-state index contributed by atoms with van der Waals surface area (Å²) in [6.45, 7) is 14.8. The highest BCUT2D eigenvalue weighted by Gasteiger charge is 2.22. The lowest BCUT2D eigenvalue weighted by molar-refractivity contribution is 0.250. The van der Waals surface area contributed by atoms with Crippen molar-refractivity contribution in [2.75, 3.05) is 31.1 Å². The zero-order valence-corrected chi connectivity index (χ0v) is 16.2. The zero-order valence-electron chi connectivity index (χ0n) is 16.2. The molecule has 1 saturated heterocycles. The molecule has 1 aliphatic rings. The molecular weight excluding hydrogens is 304 g/mol. The maximum atomic E-state index is 2.56. The molecule has 0 amide bonds. The van der Waals surface area contributed by atoms with Gasteiger partial charge in [-0.2, -0.15) is 0 Å². The van der Waals surface area contributed by atoms with E-state index in [2.05, 4.69) is 92.1 Å². The van der Waals surface area contributed by atoms with Crippen LogP contribution < -0.4 is 4.90 Å². The lowest BCUT2D eigenvalue weighted by Crippen LogP contribution is -2.45. The van der Waals surface area contributed by atoms with Crippen molar-refractivity contribution in [1.29, 1.82) is 0 Å². The summed E-state index contributed by atoms with van der Waals surface area (Å²) < 4.78 is 0. The Morgan fingerprint density at radius 1 is 0.840 bits per heavy atom. The first-order valence-electron chi connectivity index (χ1n) is 9.55. The van der Waals surface area contributed by atoms with E-state index < -0.39 is 0 Å². The van der Waals surface area contributed by atoms with E-state index in [1.54, 1.807) is 0 Å². The minimum atomic E-state index is 0.310. The van der Waals surface area contributed by atoms with Gasteiger partial charge in [0.05, 0.1) is 0 Å². The topological polar surface area (TPSA) is 6.48 Å². The Hall–Kier alpha value is -1.80. The fraction of sp³-hybridized carbons (Fsp3) is 0.478. The third kappa shape index (κ3) is 4.64. The van der Waals surface area contributed by atoms with Gasteiger partial charge in [0.25, 0.3) is 0 Å². The molecule has 1 unspecified atom stereocenters. The Morgan fingerprint density at radius 3 is 2.00 bits per heavy atom.